The summed E-state index contributed by atoms with van der Waals surface area (Å²) in [5.74, 6) is 1.96. The van der Waals surface area contributed by atoms with Crippen molar-refractivity contribution in [3.05, 3.63) is 11.6 Å². The van der Waals surface area contributed by atoms with Gasteiger partial charge in [-0.3, -0.25) is 5.10 Å². The van der Waals surface area contributed by atoms with Crippen LogP contribution in [0, 0.1) is 0 Å². The zero-order chi connectivity index (χ0) is 13.0. The molecule has 0 radical (unpaired) electrons. The Morgan fingerprint density at radius 2 is 1.78 bits per heavy atom. The Bertz CT molecular complexity index is 356. The fourth-order valence-corrected chi connectivity index (χ4v) is 2.37. The maximum atomic E-state index is 4.60. The maximum Gasteiger partial charge on any atom is 0.155 e. The van der Waals surface area contributed by atoms with Crippen molar-refractivity contribution in [2.45, 2.75) is 58.3 Å². The van der Waals surface area contributed by atoms with E-state index in [-0.39, 0.29) is 5.41 Å². The highest BCUT2D eigenvalue weighted by atomic mass is 15.2. The van der Waals surface area contributed by atoms with Crippen LogP contribution >= 0.6 is 0 Å². The van der Waals surface area contributed by atoms with Gasteiger partial charge >= 0.3 is 0 Å². The number of nitrogens with zero attached hydrogens (tertiary/aromatic N) is 3. The third-order valence-corrected chi connectivity index (χ3v) is 3.57. The molecule has 18 heavy (non-hydrogen) atoms. The van der Waals surface area contributed by atoms with E-state index in [1.807, 2.05) is 0 Å². The van der Waals surface area contributed by atoms with Crippen molar-refractivity contribution in [1.29, 1.82) is 0 Å². The summed E-state index contributed by atoms with van der Waals surface area (Å²) in [5, 5.41) is 7.39. The van der Waals surface area contributed by atoms with Gasteiger partial charge in [0.1, 0.15) is 5.82 Å². The molecule has 0 amide bonds. The molecule has 0 aliphatic carbocycles. The van der Waals surface area contributed by atoms with Crippen molar-refractivity contribution >= 4 is 0 Å². The van der Waals surface area contributed by atoms with Gasteiger partial charge in [-0.25, -0.2) is 4.98 Å². The van der Waals surface area contributed by atoms with E-state index < -0.39 is 0 Å². The van der Waals surface area contributed by atoms with Gasteiger partial charge in [0.15, 0.2) is 5.82 Å². The molecule has 1 aromatic heterocycles. The number of nitrogens with one attached hydrogen (secondary N) is 1. The maximum absolute atomic E-state index is 4.60. The van der Waals surface area contributed by atoms with Gasteiger partial charge < -0.3 is 4.90 Å². The van der Waals surface area contributed by atoms with Gasteiger partial charge in [0.2, 0.25) is 0 Å². The Morgan fingerprint density at radius 1 is 1.11 bits per heavy atom. The molecule has 1 aliphatic heterocycles. The van der Waals surface area contributed by atoms with Crippen LogP contribution in [-0.2, 0) is 11.8 Å². The highest BCUT2D eigenvalue weighted by Crippen LogP contribution is 2.17. The topological polar surface area (TPSA) is 44.8 Å². The summed E-state index contributed by atoms with van der Waals surface area (Å²) in [6.07, 6.45) is 6.48. The number of likely N-dealkylation sites (tertiary alicyclic amines) is 1. The summed E-state index contributed by atoms with van der Waals surface area (Å²) >= 11 is 0. The van der Waals surface area contributed by atoms with E-state index in [2.05, 4.69) is 40.9 Å². The minimum atomic E-state index is 0.0390. The average Bonchev–Trinajstić information content (AvgIpc) is 2.64. The van der Waals surface area contributed by atoms with Gasteiger partial charge in [-0.15, -0.1) is 0 Å². The van der Waals surface area contributed by atoms with E-state index in [1.165, 1.54) is 38.8 Å². The Morgan fingerprint density at radius 3 is 2.33 bits per heavy atom. The Kier molecular flexibility index (Phi) is 4.38. The smallest absolute Gasteiger partial charge is 0.155 e. The molecule has 1 aromatic rings. The Hall–Kier alpha value is -0.900. The fourth-order valence-electron chi connectivity index (χ4n) is 2.37. The van der Waals surface area contributed by atoms with Crippen molar-refractivity contribution in [3.63, 3.8) is 0 Å². The number of hydrogen-bond acceptors (Lipinski definition) is 3. The molecule has 1 N–H and O–H groups in total. The molecule has 0 atom stereocenters. The van der Waals surface area contributed by atoms with Crippen LogP contribution in [0.25, 0.3) is 0 Å². The van der Waals surface area contributed by atoms with Crippen molar-refractivity contribution in [2.24, 2.45) is 0 Å². The van der Waals surface area contributed by atoms with Crippen LogP contribution in [0.2, 0.25) is 0 Å². The molecule has 1 fully saturated rings. The third-order valence-electron chi connectivity index (χ3n) is 3.57. The van der Waals surface area contributed by atoms with Gasteiger partial charge in [-0.05, 0) is 25.9 Å². The van der Waals surface area contributed by atoms with Crippen LogP contribution in [0.1, 0.15) is 58.1 Å². The molecule has 2 rings (SSSR count). The number of hydrogen-bond donors (Lipinski definition) is 1. The second-order valence-corrected chi connectivity index (χ2v) is 6.36. The molecule has 0 unspecified atom stereocenters. The number of rotatable bonds is 3. The van der Waals surface area contributed by atoms with Gasteiger partial charge in [0, 0.05) is 18.4 Å². The first-order valence-corrected chi connectivity index (χ1v) is 7.20. The normalized spacial score (nSPS) is 18.8. The molecular formula is C14H26N4. The lowest BCUT2D eigenvalue weighted by Crippen LogP contribution is -2.27. The number of H-pyrrole nitrogens is 1. The monoisotopic (exact) mass is 250 g/mol. The second-order valence-electron chi connectivity index (χ2n) is 6.36. The van der Waals surface area contributed by atoms with Gasteiger partial charge in [0.25, 0.3) is 0 Å². The zero-order valence-corrected chi connectivity index (χ0v) is 12.0. The predicted molar refractivity (Wildman–Crippen MR) is 73.7 cm³/mol. The average molecular weight is 250 g/mol. The third kappa shape index (κ3) is 3.80. The first-order valence-electron chi connectivity index (χ1n) is 7.20. The second kappa shape index (κ2) is 5.83. The number of aromatic nitrogens is 3. The van der Waals surface area contributed by atoms with Crippen LogP contribution in [0.3, 0.4) is 0 Å². The molecule has 0 aromatic carbocycles. The molecule has 1 aliphatic rings. The summed E-state index contributed by atoms with van der Waals surface area (Å²) in [5.41, 5.74) is 0.0390. The van der Waals surface area contributed by atoms with Crippen LogP contribution in [0.4, 0.5) is 0 Å². The molecule has 0 saturated carbocycles. The van der Waals surface area contributed by atoms with E-state index in [9.17, 15) is 0 Å². The standard InChI is InChI=1S/C14H26N4/c1-14(2,3)13-15-12(16-17-13)8-11-18-9-6-4-5-7-10-18/h4-11H2,1-3H3,(H,15,16,17). The van der Waals surface area contributed by atoms with Gasteiger partial charge in [0.05, 0.1) is 0 Å². The van der Waals surface area contributed by atoms with E-state index in [4.69, 9.17) is 0 Å². The highest BCUT2D eigenvalue weighted by molar-refractivity contribution is 5.02. The van der Waals surface area contributed by atoms with Crippen molar-refractivity contribution in [1.82, 2.24) is 20.1 Å². The molecule has 4 heteroatoms. The van der Waals surface area contributed by atoms with Crippen LogP contribution in [0.5, 0.6) is 0 Å². The molecule has 0 spiro atoms. The van der Waals surface area contributed by atoms with E-state index in [1.54, 1.807) is 0 Å². The van der Waals surface area contributed by atoms with Crippen molar-refractivity contribution < 1.29 is 0 Å². The van der Waals surface area contributed by atoms with Crippen molar-refractivity contribution in [3.8, 4) is 0 Å². The summed E-state index contributed by atoms with van der Waals surface area (Å²) in [6, 6.07) is 0. The first-order chi connectivity index (χ1) is 8.55. The van der Waals surface area contributed by atoms with Gasteiger partial charge in [-0.1, -0.05) is 33.6 Å². The summed E-state index contributed by atoms with van der Waals surface area (Å²) in [7, 11) is 0. The van der Waals surface area contributed by atoms with Gasteiger partial charge in [-0.2, -0.15) is 5.10 Å². The lowest BCUT2D eigenvalue weighted by Gasteiger charge is -2.18. The molecule has 2 heterocycles. The SMILES string of the molecule is CC(C)(C)c1n[nH]c(CCN2CCCCCC2)n1. The van der Waals surface area contributed by atoms with E-state index in [0.29, 0.717) is 0 Å². The predicted octanol–water partition coefficient (Wildman–Crippen LogP) is 2.52. The molecule has 4 nitrogen and oxygen atoms in total. The summed E-state index contributed by atoms with van der Waals surface area (Å²) in [6.45, 7) is 10.1. The lowest BCUT2D eigenvalue weighted by molar-refractivity contribution is 0.287. The zero-order valence-electron chi connectivity index (χ0n) is 12.0. The number of aromatic amines is 1. The molecule has 0 bridgehead atoms. The minimum absolute atomic E-state index is 0.0390. The Balaban J connectivity index is 1.84. The largest absolute Gasteiger partial charge is 0.303 e. The Labute approximate surface area is 110 Å². The molecule has 1 saturated heterocycles. The van der Waals surface area contributed by atoms with Crippen LogP contribution in [0.15, 0.2) is 0 Å². The van der Waals surface area contributed by atoms with E-state index in [0.717, 1.165) is 24.6 Å². The molecular weight excluding hydrogens is 224 g/mol. The fraction of sp³-hybridized carbons (Fsp3) is 0.857. The van der Waals surface area contributed by atoms with Crippen molar-refractivity contribution in [2.75, 3.05) is 19.6 Å². The van der Waals surface area contributed by atoms with Crippen LogP contribution in [-0.4, -0.2) is 39.7 Å². The highest BCUT2D eigenvalue weighted by Gasteiger charge is 2.19. The van der Waals surface area contributed by atoms with Crippen LogP contribution < -0.4 is 0 Å². The quantitative estimate of drug-likeness (QED) is 0.896. The summed E-state index contributed by atoms with van der Waals surface area (Å²) < 4.78 is 0. The minimum Gasteiger partial charge on any atom is -0.303 e. The summed E-state index contributed by atoms with van der Waals surface area (Å²) in [4.78, 5) is 7.16. The first kappa shape index (κ1) is 13.5. The molecule has 102 valence electrons. The lowest BCUT2D eigenvalue weighted by atomic mass is 9.96. The van der Waals surface area contributed by atoms with E-state index >= 15 is 0 Å².